The fraction of sp³-hybridized carbons (Fsp3) is 0.625. The zero-order chi connectivity index (χ0) is 13.7. The van der Waals surface area contributed by atoms with Gasteiger partial charge < -0.3 is 14.8 Å². The lowest BCUT2D eigenvalue weighted by Gasteiger charge is -2.20. The van der Waals surface area contributed by atoms with Crippen LogP contribution < -0.4 is 14.8 Å². The summed E-state index contributed by atoms with van der Waals surface area (Å²) in [7, 11) is 3.40. The first-order valence-electron chi connectivity index (χ1n) is 7.23. The molecule has 2 rings (SSSR count). The second-order valence-electron chi connectivity index (χ2n) is 5.28. The maximum absolute atomic E-state index is 5.36. The second-order valence-corrected chi connectivity index (χ2v) is 5.28. The van der Waals surface area contributed by atoms with Gasteiger partial charge in [0.05, 0.1) is 14.2 Å². The van der Waals surface area contributed by atoms with E-state index in [1.54, 1.807) is 14.2 Å². The van der Waals surface area contributed by atoms with E-state index in [-0.39, 0.29) is 0 Å². The van der Waals surface area contributed by atoms with Crippen LogP contribution in [0.3, 0.4) is 0 Å². The van der Waals surface area contributed by atoms with E-state index < -0.39 is 0 Å². The molecule has 1 fully saturated rings. The van der Waals surface area contributed by atoms with Gasteiger partial charge in [0.25, 0.3) is 0 Å². The monoisotopic (exact) mass is 263 g/mol. The highest BCUT2D eigenvalue weighted by Crippen LogP contribution is 2.37. The van der Waals surface area contributed by atoms with Gasteiger partial charge in [0.15, 0.2) is 0 Å². The van der Waals surface area contributed by atoms with Crippen molar-refractivity contribution in [3.05, 3.63) is 23.8 Å². The van der Waals surface area contributed by atoms with Crippen LogP contribution in [0.2, 0.25) is 0 Å². The van der Waals surface area contributed by atoms with Crippen molar-refractivity contribution >= 4 is 0 Å². The summed E-state index contributed by atoms with van der Waals surface area (Å²) in [6.07, 6.45) is 5.34. The summed E-state index contributed by atoms with van der Waals surface area (Å²) in [4.78, 5) is 0. The van der Waals surface area contributed by atoms with Crippen molar-refractivity contribution in [1.29, 1.82) is 0 Å². The van der Waals surface area contributed by atoms with Gasteiger partial charge in [0.1, 0.15) is 11.5 Å². The van der Waals surface area contributed by atoms with Gasteiger partial charge in [-0.1, -0.05) is 19.8 Å². The molecule has 1 aromatic rings. The molecule has 1 aliphatic carbocycles. The van der Waals surface area contributed by atoms with E-state index in [4.69, 9.17) is 9.47 Å². The largest absolute Gasteiger partial charge is 0.497 e. The molecule has 3 heteroatoms. The Labute approximate surface area is 116 Å². The summed E-state index contributed by atoms with van der Waals surface area (Å²) in [6.45, 7) is 3.14. The first-order chi connectivity index (χ1) is 9.26. The number of hydrogen-bond acceptors (Lipinski definition) is 3. The van der Waals surface area contributed by atoms with Gasteiger partial charge in [-0.2, -0.15) is 0 Å². The van der Waals surface area contributed by atoms with E-state index >= 15 is 0 Å². The number of benzene rings is 1. The Morgan fingerprint density at radius 2 is 1.79 bits per heavy atom. The molecule has 0 saturated heterocycles. The molecule has 1 aliphatic rings. The number of methoxy groups -OCH3 is 2. The SMILES string of the molecule is CCNC(CCC1CC1)c1cc(OC)cc(OC)c1. The number of hydrogen-bond donors (Lipinski definition) is 1. The fourth-order valence-corrected chi connectivity index (χ4v) is 2.47. The van der Waals surface area contributed by atoms with E-state index in [1.807, 2.05) is 6.07 Å². The molecule has 0 bridgehead atoms. The lowest BCUT2D eigenvalue weighted by Crippen LogP contribution is -2.21. The zero-order valence-electron chi connectivity index (χ0n) is 12.2. The highest BCUT2D eigenvalue weighted by atomic mass is 16.5. The van der Waals surface area contributed by atoms with Crippen LogP contribution in [0.1, 0.15) is 44.2 Å². The molecule has 1 saturated carbocycles. The van der Waals surface area contributed by atoms with Crippen molar-refractivity contribution in [2.45, 2.75) is 38.6 Å². The Morgan fingerprint density at radius 1 is 1.16 bits per heavy atom. The quantitative estimate of drug-likeness (QED) is 0.778. The third kappa shape index (κ3) is 4.13. The molecule has 1 aromatic carbocycles. The summed E-state index contributed by atoms with van der Waals surface area (Å²) in [5.74, 6) is 2.70. The van der Waals surface area contributed by atoms with Crippen molar-refractivity contribution in [3.63, 3.8) is 0 Å². The molecule has 0 heterocycles. The molecular weight excluding hydrogens is 238 g/mol. The van der Waals surface area contributed by atoms with Crippen molar-refractivity contribution < 1.29 is 9.47 Å². The van der Waals surface area contributed by atoms with Crippen molar-refractivity contribution in [3.8, 4) is 11.5 Å². The summed E-state index contributed by atoms with van der Waals surface area (Å²) in [6, 6.07) is 6.55. The molecular formula is C16H25NO2. The molecule has 0 aliphatic heterocycles. The minimum Gasteiger partial charge on any atom is -0.497 e. The van der Waals surface area contributed by atoms with Crippen LogP contribution in [0.5, 0.6) is 11.5 Å². The van der Waals surface area contributed by atoms with E-state index in [0.29, 0.717) is 6.04 Å². The molecule has 0 aromatic heterocycles. The number of nitrogens with one attached hydrogen (secondary N) is 1. The van der Waals surface area contributed by atoms with Gasteiger partial charge in [-0.25, -0.2) is 0 Å². The van der Waals surface area contributed by atoms with Gasteiger partial charge in [-0.05, 0) is 43.0 Å². The van der Waals surface area contributed by atoms with Gasteiger partial charge in [0, 0.05) is 12.1 Å². The maximum atomic E-state index is 5.36. The van der Waals surface area contributed by atoms with E-state index in [1.165, 1.54) is 31.2 Å². The Hall–Kier alpha value is -1.22. The van der Waals surface area contributed by atoms with Gasteiger partial charge in [-0.15, -0.1) is 0 Å². The molecule has 1 unspecified atom stereocenters. The lowest BCUT2D eigenvalue weighted by atomic mass is 9.99. The average Bonchev–Trinajstić information content (AvgIpc) is 3.26. The molecule has 1 atom stereocenters. The minimum atomic E-state index is 0.398. The van der Waals surface area contributed by atoms with Crippen molar-refractivity contribution in [2.24, 2.45) is 5.92 Å². The molecule has 19 heavy (non-hydrogen) atoms. The summed E-state index contributed by atoms with van der Waals surface area (Å²) in [5, 5.41) is 3.57. The molecule has 1 N–H and O–H groups in total. The van der Waals surface area contributed by atoms with E-state index in [2.05, 4.69) is 24.4 Å². The van der Waals surface area contributed by atoms with Crippen molar-refractivity contribution in [1.82, 2.24) is 5.32 Å². The van der Waals surface area contributed by atoms with E-state index in [0.717, 1.165) is 24.0 Å². The highest BCUT2D eigenvalue weighted by molar-refractivity contribution is 5.39. The Kier molecular flexibility index (Phi) is 5.08. The molecule has 0 spiro atoms. The molecule has 0 amide bonds. The minimum absolute atomic E-state index is 0.398. The molecule has 3 nitrogen and oxygen atoms in total. The van der Waals surface area contributed by atoms with Crippen LogP contribution >= 0.6 is 0 Å². The van der Waals surface area contributed by atoms with Crippen LogP contribution in [0, 0.1) is 5.92 Å². The first-order valence-corrected chi connectivity index (χ1v) is 7.23. The van der Waals surface area contributed by atoms with E-state index in [9.17, 15) is 0 Å². The van der Waals surface area contributed by atoms with Crippen LogP contribution in [0.25, 0.3) is 0 Å². The maximum Gasteiger partial charge on any atom is 0.122 e. The number of ether oxygens (including phenoxy) is 2. The second kappa shape index (κ2) is 6.80. The lowest BCUT2D eigenvalue weighted by molar-refractivity contribution is 0.390. The van der Waals surface area contributed by atoms with Crippen molar-refractivity contribution in [2.75, 3.05) is 20.8 Å². The third-order valence-corrected chi connectivity index (χ3v) is 3.79. The highest BCUT2D eigenvalue weighted by Gasteiger charge is 2.23. The topological polar surface area (TPSA) is 30.5 Å². The Balaban J connectivity index is 2.12. The van der Waals surface area contributed by atoms with Crippen LogP contribution in [-0.2, 0) is 0 Å². The first kappa shape index (κ1) is 14.2. The smallest absolute Gasteiger partial charge is 0.122 e. The Bertz CT molecular complexity index is 379. The standard InChI is InChI=1S/C16H25NO2/c1-4-17-16(8-7-12-5-6-12)13-9-14(18-2)11-15(10-13)19-3/h9-12,16-17H,4-8H2,1-3H3. The molecule has 106 valence electrons. The third-order valence-electron chi connectivity index (χ3n) is 3.79. The zero-order valence-corrected chi connectivity index (χ0v) is 12.2. The predicted molar refractivity (Wildman–Crippen MR) is 77.9 cm³/mol. The van der Waals surface area contributed by atoms with Crippen LogP contribution in [0.15, 0.2) is 18.2 Å². The van der Waals surface area contributed by atoms with Crippen LogP contribution in [0.4, 0.5) is 0 Å². The van der Waals surface area contributed by atoms with Gasteiger partial charge in [0.2, 0.25) is 0 Å². The van der Waals surface area contributed by atoms with Crippen LogP contribution in [-0.4, -0.2) is 20.8 Å². The summed E-state index contributed by atoms with van der Waals surface area (Å²) in [5.41, 5.74) is 1.26. The fourth-order valence-electron chi connectivity index (χ4n) is 2.47. The number of rotatable bonds is 8. The predicted octanol–water partition coefficient (Wildman–Crippen LogP) is 3.54. The van der Waals surface area contributed by atoms with Gasteiger partial charge in [-0.3, -0.25) is 0 Å². The average molecular weight is 263 g/mol. The molecule has 0 radical (unpaired) electrons. The summed E-state index contributed by atoms with van der Waals surface area (Å²) < 4.78 is 10.7. The summed E-state index contributed by atoms with van der Waals surface area (Å²) >= 11 is 0. The Morgan fingerprint density at radius 3 is 2.26 bits per heavy atom. The van der Waals surface area contributed by atoms with Gasteiger partial charge >= 0.3 is 0 Å². The normalized spacial score (nSPS) is 16.2.